The number of nitrogens with zero attached hydrogens (tertiary/aromatic N) is 2. The molecule has 7 heteroatoms. The van der Waals surface area contributed by atoms with Crippen LogP contribution in [0.3, 0.4) is 0 Å². The van der Waals surface area contributed by atoms with Gasteiger partial charge in [0.1, 0.15) is 5.60 Å². The van der Waals surface area contributed by atoms with Crippen LogP contribution in [0.1, 0.15) is 40.5 Å². The van der Waals surface area contributed by atoms with E-state index in [-0.39, 0.29) is 0 Å². The Bertz CT molecular complexity index is 683. The van der Waals surface area contributed by atoms with Crippen molar-refractivity contribution in [1.29, 1.82) is 0 Å². The highest BCUT2D eigenvalue weighted by molar-refractivity contribution is 5.91. The molecule has 1 aromatic rings. The fraction of sp³-hybridized carbons (Fsp3) is 0.667. The molecule has 2 saturated heterocycles. The van der Waals surface area contributed by atoms with E-state index in [9.17, 15) is 4.79 Å². The summed E-state index contributed by atoms with van der Waals surface area (Å²) in [6.45, 7) is 12.4. The molecular formula is C21H34N4O3. The van der Waals surface area contributed by atoms with Crippen molar-refractivity contribution in [1.82, 2.24) is 4.90 Å². The molecule has 2 atom stereocenters. The summed E-state index contributed by atoms with van der Waals surface area (Å²) in [5.74, 6) is 0. The Labute approximate surface area is 168 Å². The SMILES string of the molecule is CC1CC(N2CCOCC2)CCN1c1ccc(N)cc1NC(=O)OC(C)(C)C. The average Bonchev–Trinajstić information content (AvgIpc) is 2.61. The van der Waals surface area contributed by atoms with Crippen molar-refractivity contribution in [3.05, 3.63) is 18.2 Å². The molecule has 0 spiro atoms. The Balaban J connectivity index is 1.71. The quantitative estimate of drug-likeness (QED) is 0.771. The highest BCUT2D eigenvalue weighted by Gasteiger charge is 2.31. The standard InChI is InChI=1S/C21H34N4O3/c1-15-13-17(24-9-11-27-12-10-24)7-8-25(15)19-6-5-16(22)14-18(19)23-20(26)28-21(2,3)4/h5-6,14-15,17H,7-13,22H2,1-4H3,(H,23,26). The number of ether oxygens (including phenoxy) is 2. The molecule has 3 rings (SSSR count). The van der Waals surface area contributed by atoms with Gasteiger partial charge >= 0.3 is 6.09 Å². The summed E-state index contributed by atoms with van der Waals surface area (Å²) in [4.78, 5) is 17.2. The van der Waals surface area contributed by atoms with Crippen molar-refractivity contribution in [2.24, 2.45) is 0 Å². The molecule has 2 fully saturated rings. The lowest BCUT2D eigenvalue weighted by Gasteiger charge is -2.44. The lowest BCUT2D eigenvalue weighted by molar-refractivity contribution is 0.00899. The van der Waals surface area contributed by atoms with Crippen LogP contribution in [0.5, 0.6) is 0 Å². The van der Waals surface area contributed by atoms with Crippen LogP contribution in [-0.4, -0.2) is 61.5 Å². The summed E-state index contributed by atoms with van der Waals surface area (Å²) in [5, 5.41) is 2.89. The zero-order valence-electron chi connectivity index (χ0n) is 17.5. The lowest BCUT2D eigenvalue weighted by Crippen LogP contribution is -2.52. The predicted molar refractivity (Wildman–Crippen MR) is 113 cm³/mol. The Morgan fingerprint density at radius 2 is 1.96 bits per heavy atom. The Kier molecular flexibility index (Phi) is 6.35. The zero-order valence-corrected chi connectivity index (χ0v) is 17.5. The second kappa shape index (κ2) is 8.57. The van der Waals surface area contributed by atoms with Gasteiger partial charge < -0.3 is 20.1 Å². The van der Waals surface area contributed by atoms with Crippen LogP contribution in [0.25, 0.3) is 0 Å². The molecule has 2 unspecified atom stereocenters. The number of benzene rings is 1. The number of morpholine rings is 1. The third-order valence-corrected chi connectivity index (χ3v) is 5.38. The van der Waals surface area contributed by atoms with Gasteiger partial charge in [-0.05, 0) is 58.7 Å². The summed E-state index contributed by atoms with van der Waals surface area (Å²) in [6.07, 6.45) is 1.73. The fourth-order valence-electron chi connectivity index (χ4n) is 4.10. The van der Waals surface area contributed by atoms with Gasteiger partial charge in [-0.15, -0.1) is 0 Å². The van der Waals surface area contributed by atoms with E-state index in [2.05, 4.69) is 22.0 Å². The molecule has 0 aromatic heterocycles. The number of nitrogen functional groups attached to an aromatic ring is 1. The third-order valence-electron chi connectivity index (χ3n) is 5.38. The predicted octanol–water partition coefficient (Wildman–Crippen LogP) is 3.31. The fourth-order valence-corrected chi connectivity index (χ4v) is 4.10. The number of hydrogen-bond donors (Lipinski definition) is 2. The van der Waals surface area contributed by atoms with Gasteiger partial charge in [-0.3, -0.25) is 10.2 Å². The molecule has 0 saturated carbocycles. The minimum atomic E-state index is -0.547. The molecular weight excluding hydrogens is 356 g/mol. The second-order valence-corrected chi connectivity index (χ2v) is 8.77. The summed E-state index contributed by atoms with van der Waals surface area (Å²) in [6, 6.07) is 6.64. The largest absolute Gasteiger partial charge is 0.444 e. The third kappa shape index (κ3) is 5.29. The molecule has 3 N–H and O–H groups in total. The number of piperidine rings is 1. The number of nitrogens with two attached hydrogens (primary N) is 1. The number of hydrogen-bond acceptors (Lipinski definition) is 6. The van der Waals surface area contributed by atoms with E-state index in [0.717, 1.165) is 51.4 Å². The molecule has 2 aliphatic heterocycles. The Morgan fingerprint density at radius 3 is 2.61 bits per heavy atom. The minimum absolute atomic E-state index is 0.365. The molecule has 1 amide bonds. The first-order valence-electron chi connectivity index (χ1n) is 10.2. The molecule has 28 heavy (non-hydrogen) atoms. The van der Waals surface area contributed by atoms with Crippen molar-refractivity contribution < 1.29 is 14.3 Å². The normalized spacial score (nSPS) is 24.1. The molecule has 0 bridgehead atoms. The van der Waals surface area contributed by atoms with Gasteiger partial charge in [0, 0.05) is 37.4 Å². The van der Waals surface area contributed by atoms with Gasteiger partial charge in [-0.25, -0.2) is 4.79 Å². The number of rotatable bonds is 3. The van der Waals surface area contributed by atoms with Crippen LogP contribution >= 0.6 is 0 Å². The van der Waals surface area contributed by atoms with E-state index >= 15 is 0 Å². The smallest absolute Gasteiger partial charge is 0.412 e. The van der Waals surface area contributed by atoms with Gasteiger partial charge in [0.2, 0.25) is 0 Å². The number of nitrogens with one attached hydrogen (secondary N) is 1. The van der Waals surface area contributed by atoms with E-state index in [1.165, 1.54) is 0 Å². The van der Waals surface area contributed by atoms with Crippen LogP contribution in [0.4, 0.5) is 21.9 Å². The molecule has 0 radical (unpaired) electrons. The summed E-state index contributed by atoms with van der Waals surface area (Å²) >= 11 is 0. The maximum atomic E-state index is 12.3. The maximum Gasteiger partial charge on any atom is 0.412 e. The molecule has 0 aliphatic carbocycles. The molecule has 1 aromatic carbocycles. The first-order valence-corrected chi connectivity index (χ1v) is 10.2. The maximum absolute atomic E-state index is 12.3. The van der Waals surface area contributed by atoms with Crippen LogP contribution in [0, 0.1) is 0 Å². The summed E-state index contributed by atoms with van der Waals surface area (Å²) in [5.41, 5.74) is 7.75. The topological polar surface area (TPSA) is 80.1 Å². The highest BCUT2D eigenvalue weighted by Crippen LogP contribution is 2.34. The monoisotopic (exact) mass is 390 g/mol. The molecule has 2 aliphatic rings. The van der Waals surface area contributed by atoms with Gasteiger partial charge in [0.25, 0.3) is 0 Å². The minimum Gasteiger partial charge on any atom is -0.444 e. The summed E-state index contributed by atoms with van der Waals surface area (Å²) < 4.78 is 10.9. The van der Waals surface area contributed by atoms with Crippen molar-refractivity contribution in [3.63, 3.8) is 0 Å². The zero-order chi connectivity index (χ0) is 20.3. The number of amides is 1. The lowest BCUT2D eigenvalue weighted by atomic mass is 9.95. The van der Waals surface area contributed by atoms with Crippen molar-refractivity contribution >= 4 is 23.2 Å². The van der Waals surface area contributed by atoms with Gasteiger partial charge in [0.05, 0.1) is 24.6 Å². The number of carbonyl (C=O) groups is 1. The van der Waals surface area contributed by atoms with E-state index in [1.54, 1.807) is 6.07 Å². The van der Waals surface area contributed by atoms with Crippen molar-refractivity contribution in [2.75, 3.05) is 48.8 Å². The van der Waals surface area contributed by atoms with Crippen LogP contribution in [0.2, 0.25) is 0 Å². The number of carbonyl (C=O) groups excluding carboxylic acids is 1. The van der Waals surface area contributed by atoms with Gasteiger partial charge in [-0.2, -0.15) is 0 Å². The first kappa shape index (κ1) is 20.7. The van der Waals surface area contributed by atoms with E-state index in [4.69, 9.17) is 15.2 Å². The van der Waals surface area contributed by atoms with E-state index < -0.39 is 11.7 Å². The van der Waals surface area contributed by atoms with Crippen molar-refractivity contribution in [2.45, 2.75) is 58.2 Å². The van der Waals surface area contributed by atoms with Gasteiger partial charge in [0.15, 0.2) is 0 Å². The van der Waals surface area contributed by atoms with Crippen LogP contribution in [-0.2, 0) is 9.47 Å². The molecule has 2 heterocycles. The van der Waals surface area contributed by atoms with E-state index in [1.807, 2.05) is 32.9 Å². The van der Waals surface area contributed by atoms with Crippen LogP contribution in [0.15, 0.2) is 18.2 Å². The van der Waals surface area contributed by atoms with Gasteiger partial charge in [-0.1, -0.05) is 0 Å². The average molecular weight is 391 g/mol. The Morgan fingerprint density at radius 1 is 1.25 bits per heavy atom. The van der Waals surface area contributed by atoms with Crippen LogP contribution < -0.4 is 16.0 Å². The Hall–Kier alpha value is -1.99. The molecule has 156 valence electrons. The molecule has 7 nitrogen and oxygen atoms in total. The number of anilines is 3. The van der Waals surface area contributed by atoms with E-state index in [0.29, 0.717) is 23.5 Å². The summed E-state index contributed by atoms with van der Waals surface area (Å²) in [7, 11) is 0. The van der Waals surface area contributed by atoms with Crippen molar-refractivity contribution in [3.8, 4) is 0 Å². The second-order valence-electron chi connectivity index (χ2n) is 8.77. The first-order chi connectivity index (χ1) is 13.2. The highest BCUT2D eigenvalue weighted by atomic mass is 16.6.